The fourth-order valence-corrected chi connectivity index (χ4v) is 4.14. The minimum Gasteiger partial charge on any atom is -0.371 e. The Labute approximate surface area is 172 Å². The molecule has 5 heteroatoms. The molecule has 29 heavy (non-hydrogen) atoms. The van der Waals surface area contributed by atoms with E-state index < -0.39 is 0 Å². The first kappa shape index (κ1) is 19.2. The van der Waals surface area contributed by atoms with Crippen LogP contribution in [0.4, 0.5) is 5.69 Å². The van der Waals surface area contributed by atoms with Gasteiger partial charge in [-0.05, 0) is 55.1 Å². The van der Waals surface area contributed by atoms with Crippen LogP contribution in [0.15, 0.2) is 67.3 Å². The lowest BCUT2D eigenvalue weighted by atomic mass is 9.98. The largest absolute Gasteiger partial charge is 0.371 e. The van der Waals surface area contributed by atoms with Gasteiger partial charge in [-0.3, -0.25) is 0 Å². The lowest BCUT2D eigenvalue weighted by Crippen LogP contribution is -2.43. The van der Waals surface area contributed by atoms with Gasteiger partial charge in [0.25, 0.3) is 0 Å². The highest BCUT2D eigenvalue weighted by atomic mass is 15.1. The number of imidazole rings is 1. The molecular weight excluding hydrogens is 358 g/mol. The average molecular weight is 386 g/mol. The molecule has 1 N–H and O–H groups in total. The number of nitrogens with zero attached hydrogens (tertiary/aromatic N) is 4. The van der Waals surface area contributed by atoms with Gasteiger partial charge in [-0.1, -0.05) is 30.3 Å². The Bertz CT molecular complexity index is 935. The lowest BCUT2D eigenvalue weighted by molar-refractivity contribution is 0.417. The van der Waals surface area contributed by atoms with Crippen molar-refractivity contribution < 1.29 is 0 Å². The van der Waals surface area contributed by atoms with E-state index in [1.54, 1.807) is 6.20 Å². The molecule has 1 fully saturated rings. The Kier molecular flexibility index (Phi) is 6.23. The van der Waals surface area contributed by atoms with E-state index in [4.69, 9.17) is 0 Å². The highest BCUT2D eigenvalue weighted by molar-refractivity contribution is 5.46. The van der Waals surface area contributed by atoms with Gasteiger partial charge in [0, 0.05) is 43.8 Å². The van der Waals surface area contributed by atoms with Gasteiger partial charge < -0.3 is 14.8 Å². The highest BCUT2D eigenvalue weighted by Gasteiger charge is 2.19. The van der Waals surface area contributed by atoms with Gasteiger partial charge in [0.2, 0.25) is 0 Å². The molecule has 1 saturated heterocycles. The predicted octanol–water partition coefficient (Wildman–Crippen LogP) is 3.60. The van der Waals surface area contributed by atoms with Crippen LogP contribution in [0.5, 0.6) is 0 Å². The van der Waals surface area contributed by atoms with Crippen molar-refractivity contribution in [3.8, 4) is 6.07 Å². The standard InChI is InChI=1S/C24H27N5/c25-17-20-5-4-6-21(18-28-16-13-26-19-28)24(20)9-12-27-22-10-14-29(15-11-22)23-7-2-1-3-8-23/h1-8,13,16,19,22,27H,9-12,14-15,18H2. The Morgan fingerprint density at radius 3 is 2.62 bits per heavy atom. The monoisotopic (exact) mass is 385 g/mol. The molecule has 0 aliphatic carbocycles. The molecule has 148 valence electrons. The second-order valence-corrected chi connectivity index (χ2v) is 7.59. The van der Waals surface area contributed by atoms with Gasteiger partial charge in [-0.2, -0.15) is 5.26 Å². The zero-order chi connectivity index (χ0) is 19.9. The van der Waals surface area contributed by atoms with Gasteiger partial charge in [-0.25, -0.2) is 4.98 Å². The molecule has 2 aromatic carbocycles. The van der Waals surface area contributed by atoms with Crippen LogP contribution in [-0.4, -0.2) is 35.2 Å². The van der Waals surface area contributed by atoms with Crippen LogP contribution in [0.3, 0.4) is 0 Å². The molecule has 0 unspecified atom stereocenters. The minimum absolute atomic E-state index is 0.543. The zero-order valence-electron chi connectivity index (χ0n) is 16.7. The second kappa shape index (κ2) is 9.40. The van der Waals surface area contributed by atoms with Gasteiger partial charge >= 0.3 is 0 Å². The predicted molar refractivity (Wildman–Crippen MR) is 116 cm³/mol. The van der Waals surface area contributed by atoms with Crippen LogP contribution in [0.2, 0.25) is 0 Å². The molecule has 0 amide bonds. The summed E-state index contributed by atoms with van der Waals surface area (Å²) in [6.45, 7) is 3.82. The molecule has 3 aromatic rings. The van der Waals surface area contributed by atoms with Gasteiger partial charge in [-0.15, -0.1) is 0 Å². The Hall–Kier alpha value is -3.10. The third-order valence-corrected chi connectivity index (χ3v) is 5.73. The van der Waals surface area contributed by atoms with Crippen LogP contribution >= 0.6 is 0 Å². The van der Waals surface area contributed by atoms with Gasteiger partial charge in [0.15, 0.2) is 0 Å². The van der Waals surface area contributed by atoms with Crippen LogP contribution in [0, 0.1) is 11.3 Å². The lowest BCUT2D eigenvalue weighted by Gasteiger charge is -2.34. The fourth-order valence-electron chi connectivity index (χ4n) is 4.14. The maximum absolute atomic E-state index is 9.56. The summed E-state index contributed by atoms with van der Waals surface area (Å²) in [6.07, 6.45) is 8.74. The van der Waals surface area contributed by atoms with E-state index in [0.29, 0.717) is 6.04 Å². The molecule has 0 atom stereocenters. The molecule has 2 heterocycles. The summed E-state index contributed by atoms with van der Waals surface area (Å²) in [5.74, 6) is 0. The van der Waals surface area contributed by atoms with Gasteiger partial charge in [0.1, 0.15) is 0 Å². The number of benzene rings is 2. The van der Waals surface area contributed by atoms with Crippen molar-refractivity contribution in [3.05, 3.63) is 83.9 Å². The molecule has 1 aromatic heterocycles. The van der Waals surface area contributed by atoms with Crippen LogP contribution in [0.1, 0.15) is 29.5 Å². The zero-order valence-corrected chi connectivity index (χ0v) is 16.7. The summed E-state index contributed by atoms with van der Waals surface area (Å²) in [6, 6.07) is 19.6. The molecular formula is C24H27N5. The van der Waals surface area contributed by atoms with Crippen LogP contribution in [-0.2, 0) is 13.0 Å². The summed E-state index contributed by atoms with van der Waals surface area (Å²) in [4.78, 5) is 6.59. The average Bonchev–Trinajstić information content (AvgIpc) is 3.29. The summed E-state index contributed by atoms with van der Waals surface area (Å²) < 4.78 is 2.05. The molecule has 0 radical (unpaired) electrons. The molecule has 1 aliphatic heterocycles. The summed E-state index contributed by atoms with van der Waals surface area (Å²) in [7, 11) is 0. The van der Waals surface area contributed by atoms with Crippen molar-refractivity contribution in [3.63, 3.8) is 0 Å². The molecule has 0 saturated carbocycles. The Morgan fingerprint density at radius 1 is 1.07 bits per heavy atom. The summed E-state index contributed by atoms with van der Waals surface area (Å²) in [5, 5.41) is 13.3. The summed E-state index contributed by atoms with van der Waals surface area (Å²) >= 11 is 0. The third-order valence-electron chi connectivity index (χ3n) is 5.73. The number of para-hydroxylation sites is 1. The topological polar surface area (TPSA) is 56.9 Å². The Balaban J connectivity index is 1.32. The Morgan fingerprint density at radius 2 is 1.90 bits per heavy atom. The molecule has 1 aliphatic rings. The van der Waals surface area contributed by atoms with Crippen molar-refractivity contribution in [2.45, 2.75) is 31.8 Å². The number of nitrogens with one attached hydrogen (secondary N) is 1. The van der Waals surface area contributed by atoms with E-state index in [1.165, 1.54) is 11.3 Å². The van der Waals surface area contributed by atoms with E-state index in [-0.39, 0.29) is 0 Å². The van der Waals surface area contributed by atoms with Gasteiger partial charge in [0.05, 0.1) is 18.0 Å². The smallest absolute Gasteiger partial charge is 0.0994 e. The van der Waals surface area contributed by atoms with E-state index >= 15 is 0 Å². The first-order valence-corrected chi connectivity index (χ1v) is 10.3. The van der Waals surface area contributed by atoms with E-state index in [0.717, 1.165) is 56.6 Å². The first-order chi connectivity index (χ1) is 14.3. The number of hydrogen-bond donors (Lipinski definition) is 1. The van der Waals surface area contributed by atoms with E-state index in [2.05, 4.69) is 57.7 Å². The number of anilines is 1. The fraction of sp³-hybridized carbons (Fsp3) is 0.333. The van der Waals surface area contributed by atoms with Crippen molar-refractivity contribution >= 4 is 5.69 Å². The summed E-state index contributed by atoms with van der Waals surface area (Å²) in [5.41, 5.74) is 4.45. The number of nitriles is 1. The van der Waals surface area contributed by atoms with Crippen LogP contribution in [0.25, 0.3) is 0 Å². The number of piperidine rings is 1. The quantitative estimate of drug-likeness (QED) is 0.675. The molecule has 0 bridgehead atoms. The normalized spacial score (nSPS) is 14.7. The van der Waals surface area contributed by atoms with Crippen molar-refractivity contribution in [2.75, 3.05) is 24.5 Å². The van der Waals surface area contributed by atoms with Crippen molar-refractivity contribution in [2.24, 2.45) is 0 Å². The number of aromatic nitrogens is 2. The van der Waals surface area contributed by atoms with E-state index in [1.807, 2.05) is 29.2 Å². The SMILES string of the molecule is N#Cc1cccc(Cn2ccnc2)c1CCNC1CCN(c2ccccc2)CC1. The number of rotatable bonds is 7. The van der Waals surface area contributed by atoms with Crippen LogP contribution < -0.4 is 10.2 Å². The van der Waals surface area contributed by atoms with Crippen molar-refractivity contribution in [1.29, 1.82) is 5.26 Å². The second-order valence-electron chi connectivity index (χ2n) is 7.59. The molecule has 0 spiro atoms. The maximum Gasteiger partial charge on any atom is 0.0994 e. The number of hydrogen-bond acceptors (Lipinski definition) is 4. The first-order valence-electron chi connectivity index (χ1n) is 10.3. The molecule has 4 rings (SSSR count). The molecule has 5 nitrogen and oxygen atoms in total. The third kappa shape index (κ3) is 4.85. The highest BCUT2D eigenvalue weighted by Crippen LogP contribution is 2.20. The van der Waals surface area contributed by atoms with E-state index in [9.17, 15) is 5.26 Å². The minimum atomic E-state index is 0.543. The van der Waals surface area contributed by atoms with Crippen molar-refractivity contribution in [1.82, 2.24) is 14.9 Å². The maximum atomic E-state index is 9.56.